The standard InChI is InChI=1S/C21H21N3O3S/c1-13-4-2-5-15(10-13)22-19(25)14-7-8-17-18(11-14)23-21(28)24(20(17)26)12-16-6-3-9-27-16/h2,4-5,7-8,10-11,16H,3,6,9,12H2,1H3,(H,22,25)(H,23,28)/t16-/m0/s1. The van der Waals surface area contributed by atoms with Gasteiger partial charge in [0.1, 0.15) is 0 Å². The highest BCUT2D eigenvalue weighted by Crippen LogP contribution is 2.17. The Morgan fingerprint density at radius 1 is 1.32 bits per heavy atom. The molecule has 1 fully saturated rings. The predicted octanol–water partition coefficient (Wildman–Crippen LogP) is 3.80. The van der Waals surface area contributed by atoms with Crippen LogP contribution in [0.5, 0.6) is 0 Å². The first-order chi connectivity index (χ1) is 13.5. The molecule has 3 aromatic rings. The summed E-state index contributed by atoms with van der Waals surface area (Å²) in [5, 5.41) is 3.37. The summed E-state index contributed by atoms with van der Waals surface area (Å²) in [5.74, 6) is -0.240. The highest BCUT2D eigenvalue weighted by atomic mass is 32.1. The van der Waals surface area contributed by atoms with Crippen molar-refractivity contribution >= 4 is 34.7 Å². The number of nitrogens with one attached hydrogen (secondary N) is 2. The quantitative estimate of drug-likeness (QED) is 0.659. The fraction of sp³-hybridized carbons (Fsp3) is 0.286. The molecule has 6 nitrogen and oxygen atoms in total. The van der Waals surface area contributed by atoms with Gasteiger partial charge >= 0.3 is 0 Å². The van der Waals surface area contributed by atoms with E-state index in [-0.39, 0.29) is 17.6 Å². The smallest absolute Gasteiger partial charge is 0.262 e. The molecule has 0 bridgehead atoms. The maximum atomic E-state index is 12.9. The van der Waals surface area contributed by atoms with Crippen LogP contribution in [0, 0.1) is 11.7 Å². The molecule has 1 aliphatic heterocycles. The van der Waals surface area contributed by atoms with Crippen LogP contribution in [0.25, 0.3) is 10.9 Å². The third kappa shape index (κ3) is 3.76. The van der Waals surface area contributed by atoms with Gasteiger partial charge in [-0.05, 0) is 67.9 Å². The summed E-state index contributed by atoms with van der Waals surface area (Å²) in [6.45, 7) is 3.13. The molecule has 1 atom stereocenters. The third-order valence-corrected chi connectivity index (χ3v) is 5.25. The number of hydrogen-bond donors (Lipinski definition) is 2. The molecule has 2 aromatic carbocycles. The summed E-state index contributed by atoms with van der Waals surface area (Å²) in [7, 11) is 0. The summed E-state index contributed by atoms with van der Waals surface area (Å²) < 4.78 is 7.50. The fourth-order valence-electron chi connectivity index (χ4n) is 3.48. The number of amides is 1. The second-order valence-electron chi connectivity index (χ2n) is 7.06. The van der Waals surface area contributed by atoms with Crippen molar-refractivity contribution < 1.29 is 9.53 Å². The Kier molecular flexibility index (Phi) is 5.11. The Morgan fingerprint density at radius 3 is 2.93 bits per heavy atom. The molecule has 0 aliphatic carbocycles. The number of H-pyrrole nitrogens is 1. The van der Waals surface area contributed by atoms with Crippen molar-refractivity contribution in [2.24, 2.45) is 0 Å². The molecule has 0 radical (unpaired) electrons. The second-order valence-corrected chi connectivity index (χ2v) is 7.45. The van der Waals surface area contributed by atoms with Crippen LogP contribution in [-0.4, -0.2) is 28.2 Å². The van der Waals surface area contributed by atoms with Crippen LogP contribution < -0.4 is 10.9 Å². The van der Waals surface area contributed by atoms with Crippen LogP contribution >= 0.6 is 12.2 Å². The van der Waals surface area contributed by atoms with E-state index in [0.29, 0.717) is 27.8 Å². The Balaban J connectivity index is 1.64. The van der Waals surface area contributed by atoms with Crippen LogP contribution in [0.2, 0.25) is 0 Å². The molecule has 0 unspecified atom stereocenters. The first-order valence-corrected chi connectivity index (χ1v) is 9.68. The SMILES string of the molecule is Cc1cccc(NC(=O)c2ccc3c(=O)n(C[C@@H]4CCCO4)c(=S)[nH]c3c2)c1. The van der Waals surface area contributed by atoms with Crippen LogP contribution in [0.1, 0.15) is 28.8 Å². The fourth-order valence-corrected chi connectivity index (χ4v) is 3.75. The van der Waals surface area contributed by atoms with Gasteiger partial charge in [0.2, 0.25) is 0 Å². The maximum Gasteiger partial charge on any atom is 0.262 e. The first-order valence-electron chi connectivity index (χ1n) is 9.28. The maximum absolute atomic E-state index is 12.9. The van der Waals surface area contributed by atoms with Crippen molar-refractivity contribution in [1.29, 1.82) is 0 Å². The molecule has 28 heavy (non-hydrogen) atoms. The van der Waals surface area contributed by atoms with Crippen LogP contribution in [-0.2, 0) is 11.3 Å². The van der Waals surface area contributed by atoms with Crippen LogP contribution in [0.4, 0.5) is 5.69 Å². The van der Waals surface area contributed by atoms with Gasteiger partial charge in [-0.2, -0.15) is 0 Å². The molecular weight excluding hydrogens is 374 g/mol. The van der Waals surface area contributed by atoms with Gasteiger partial charge in [-0.15, -0.1) is 0 Å². The van der Waals surface area contributed by atoms with E-state index in [1.165, 1.54) is 0 Å². The van der Waals surface area contributed by atoms with E-state index >= 15 is 0 Å². The minimum atomic E-state index is -0.240. The zero-order valence-corrected chi connectivity index (χ0v) is 16.3. The molecule has 1 aliphatic rings. The molecule has 2 N–H and O–H groups in total. The van der Waals surface area contributed by atoms with E-state index in [0.717, 1.165) is 30.7 Å². The summed E-state index contributed by atoms with van der Waals surface area (Å²) in [6, 6.07) is 12.6. The lowest BCUT2D eigenvalue weighted by Gasteiger charge is -2.13. The van der Waals surface area contributed by atoms with Gasteiger partial charge in [0, 0.05) is 17.9 Å². The molecular formula is C21H21N3O3S. The van der Waals surface area contributed by atoms with E-state index in [1.807, 2.05) is 31.2 Å². The Hall–Kier alpha value is -2.77. The summed E-state index contributed by atoms with van der Waals surface area (Å²) in [6.07, 6.45) is 1.95. The van der Waals surface area contributed by atoms with E-state index in [9.17, 15) is 9.59 Å². The zero-order chi connectivity index (χ0) is 19.7. The van der Waals surface area contributed by atoms with Gasteiger partial charge in [0.25, 0.3) is 11.5 Å². The lowest BCUT2D eigenvalue weighted by molar-refractivity contribution is 0.0957. The summed E-state index contributed by atoms with van der Waals surface area (Å²) in [4.78, 5) is 28.5. The number of benzene rings is 2. The molecule has 2 heterocycles. The normalized spacial score (nSPS) is 16.4. The number of carbonyl (C=O) groups is 1. The Labute approximate surface area is 167 Å². The molecule has 4 rings (SSSR count). The molecule has 1 saturated heterocycles. The molecule has 1 amide bonds. The van der Waals surface area contributed by atoms with Crippen molar-refractivity contribution in [3.63, 3.8) is 0 Å². The van der Waals surface area contributed by atoms with Gasteiger partial charge in [0.05, 0.1) is 23.6 Å². The zero-order valence-electron chi connectivity index (χ0n) is 15.5. The highest BCUT2D eigenvalue weighted by Gasteiger charge is 2.18. The van der Waals surface area contributed by atoms with Gasteiger partial charge in [-0.25, -0.2) is 0 Å². The largest absolute Gasteiger partial charge is 0.376 e. The number of anilines is 1. The number of fused-ring (bicyclic) bond motifs is 1. The molecule has 0 saturated carbocycles. The van der Waals surface area contributed by atoms with Gasteiger partial charge < -0.3 is 15.0 Å². The number of aryl methyl sites for hydroxylation is 1. The summed E-state index contributed by atoms with van der Waals surface area (Å²) in [5.41, 5.74) is 2.63. The highest BCUT2D eigenvalue weighted by molar-refractivity contribution is 7.71. The van der Waals surface area contributed by atoms with Crippen molar-refractivity contribution in [1.82, 2.24) is 9.55 Å². The second kappa shape index (κ2) is 7.69. The minimum absolute atomic E-state index is 0.0182. The molecule has 144 valence electrons. The van der Waals surface area contributed by atoms with Crippen LogP contribution in [0.15, 0.2) is 47.3 Å². The molecule has 7 heteroatoms. The number of ether oxygens (including phenoxy) is 1. The molecule has 1 aromatic heterocycles. The topological polar surface area (TPSA) is 76.1 Å². The van der Waals surface area contributed by atoms with Crippen molar-refractivity contribution in [3.05, 3.63) is 68.7 Å². The Morgan fingerprint density at radius 2 is 2.18 bits per heavy atom. The van der Waals surface area contributed by atoms with Crippen molar-refractivity contribution in [2.75, 3.05) is 11.9 Å². The number of nitrogens with zero attached hydrogens (tertiary/aromatic N) is 1. The van der Waals surface area contributed by atoms with Gasteiger partial charge in [-0.3, -0.25) is 14.2 Å². The van der Waals surface area contributed by atoms with Gasteiger partial charge in [-0.1, -0.05) is 12.1 Å². The minimum Gasteiger partial charge on any atom is -0.376 e. The van der Waals surface area contributed by atoms with Gasteiger partial charge in [0.15, 0.2) is 4.77 Å². The number of aromatic nitrogens is 2. The number of rotatable bonds is 4. The summed E-state index contributed by atoms with van der Waals surface area (Å²) >= 11 is 5.38. The first kappa shape index (κ1) is 18.6. The Bertz CT molecular complexity index is 1160. The average Bonchev–Trinajstić information content (AvgIpc) is 3.18. The predicted molar refractivity (Wildman–Crippen MR) is 111 cm³/mol. The number of carbonyl (C=O) groups excluding carboxylic acids is 1. The molecule has 0 spiro atoms. The van der Waals surface area contributed by atoms with Crippen molar-refractivity contribution in [3.8, 4) is 0 Å². The van der Waals surface area contributed by atoms with Crippen LogP contribution in [0.3, 0.4) is 0 Å². The monoisotopic (exact) mass is 395 g/mol. The van der Waals surface area contributed by atoms with E-state index in [1.54, 1.807) is 22.8 Å². The van der Waals surface area contributed by atoms with E-state index in [4.69, 9.17) is 17.0 Å². The van der Waals surface area contributed by atoms with Crippen molar-refractivity contribution in [2.45, 2.75) is 32.4 Å². The van der Waals surface area contributed by atoms with E-state index in [2.05, 4.69) is 10.3 Å². The average molecular weight is 395 g/mol. The number of aromatic amines is 1. The lowest BCUT2D eigenvalue weighted by Crippen LogP contribution is -2.28. The lowest BCUT2D eigenvalue weighted by atomic mass is 10.1. The number of hydrogen-bond acceptors (Lipinski definition) is 4. The van der Waals surface area contributed by atoms with E-state index < -0.39 is 0 Å². The third-order valence-electron chi connectivity index (χ3n) is 4.93.